The summed E-state index contributed by atoms with van der Waals surface area (Å²) in [6.07, 6.45) is 7.11. The standard InChI is InChI=1S/C15H23NS/c1-2-7-11-16(12-8-3-1)13-14-17-15-9-5-4-6-10-15/h4-6,9-10H,1-3,7-8,11-14H2. The first-order valence-electron chi connectivity index (χ1n) is 6.85. The molecule has 1 heterocycles. The molecular formula is C15H23NS. The molecule has 1 fully saturated rings. The minimum atomic E-state index is 1.23. The lowest BCUT2D eigenvalue weighted by Crippen LogP contribution is -2.29. The third-order valence-corrected chi connectivity index (χ3v) is 4.36. The van der Waals surface area contributed by atoms with Crippen molar-refractivity contribution >= 4 is 11.8 Å². The van der Waals surface area contributed by atoms with Crippen LogP contribution >= 0.6 is 11.8 Å². The summed E-state index contributed by atoms with van der Waals surface area (Å²) in [6, 6.07) is 10.7. The molecule has 1 aliphatic heterocycles. The van der Waals surface area contributed by atoms with Crippen molar-refractivity contribution in [3.05, 3.63) is 30.3 Å². The van der Waals surface area contributed by atoms with Gasteiger partial charge >= 0.3 is 0 Å². The first-order valence-corrected chi connectivity index (χ1v) is 7.84. The van der Waals surface area contributed by atoms with Gasteiger partial charge in [0.05, 0.1) is 0 Å². The molecule has 1 saturated heterocycles. The molecule has 0 spiro atoms. The van der Waals surface area contributed by atoms with Crippen LogP contribution in [0.3, 0.4) is 0 Å². The van der Waals surface area contributed by atoms with Gasteiger partial charge in [-0.15, -0.1) is 11.8 Å². The number of hydrogen-bond acceptors (Lipinski definition) is 2. The van der Waals surface area contributed by atoms with Crippen LogP contribution in [0.1, 0.15) is 32.1 Å². The molecule has 0 unspecified atom stereocenters. The van der Waals surface area contributed by atoms with Crippen LogP contribution in [0.25, 0.3) is 0 Å². The van der Waals surface area contributed by atoms with Gasteiger partial charge in [0.2, 0.25) is 0 Å². The van der Waals surface area contributed by atoms with Crippen molar-refractivity contribution < 1.29 is 0 Å². The zero-order valence-electron chi connectivity index (χ0n) is 10.6. The monoisotopic (exact) mass is 249 g/mol. The first-order chi connectivity index (χ1) is 8.45. The smallest absolute Gasteiger partial charge is 0.0108 e. The summed E-state index contributed by atoms with van der Waals surface area (Å²) >= 11 is 1.98. The summed E-state index contributed by atoms with van der Waals surface area (Å²) in [7, 11) is 0. The van der Waals surface area contributed by atoms with Gasteiger partial charge in [-0.1, -0.05) is 37.5 Å². The molecule has 1 aromatic carbocycles. The van der Waals surface area contributed by atoms with E-state index in [1.165, 1.54) is 62.4 Å². The normalized spacial score (nSPS) is 18.6. The van der Waals surface area contributed by atoms with Gasteiger partial charge in [-0.25, -0.2) is 0 Å². The van der Waals surface area contributed by atoms with E-state index in [9.17, 15) is 0 Å². The van der Waals surface area contributed by atoms with Crippen LogP contribution in [0.4, 0.5) is 0 Å². The van der Waals surface area contributed by atoms with Gasteiger partial charge in [-0.2, -0.15) is 0 Å². The second kappa shape index (κ2) is 7.78. The summed E-state index contributed by atoms with van der Waals surface area (Å²) in [5, 5.41) is 0. The quantitative estimate of drug-likeness (QED) is 0.741. The van der Waals surface area contributed by atoms with Crippen LogP contribution in [0.2, 0.25) is 0 Å². The fraction of sp³-hybridized carbons (Fsp3) is 0.600. The number of rotatable bonds is 4. The highest BCUT2D eigenvalue weighted by Crippen LogP contribution is 2.17. The topological polar surface area (TPSA) is 3.24 Å². The zero-order valence-corrected chi connectivity index (χ0v) is 11.4. The number of benzene rings is 1. The van der Waals surface area contributed by atoms with Crippen molar-refractivity contribution in [1.82, 2.24) is 4.90 Å². The van der Waals surface area contributed by atoms with E-state index >= 15 is 0 Å². The first kappa shape index (κ1) is 13.0. The number of thioether (sulfide) groups is 1. The third-order valence-electron chi connectivity index (χ3n) is 3.37. The van der Waals surface area contributed by atoms with E-state index < -0.39 is 0 Å². The maximum absolute atomic E-state index is 2.65. The molecule has 94 valence electrons. The van der Waals surface area contributed by atoms with E-state index in [1.54, 1.807) is 0 Å². The highest BCUT2D eigenvalue weighted by atomic mass is 32.2. The Kier molecular flexibility index (Phi) is 5.94. The highest BCUT2D eigenvalue weighted by molar-refractivity contribution is 7.99. The third kappa shape index (κ3) is 5.13. The van der Waals surface area contributed by atoms with E-state index in [4.69, 9.17) is 0 Å². The zero-order chi connectivity index (χ0) is 11.8. The van der Waals surface area contributed by atoms with Crippen molar-refractivity contribution in [2.24, 2.45) is 0 Å². The van der Waals surface area contributed by atoms with Gasteiger partial charge in [-0.05, 0) is 38.1 Å². The lowest BCUT2D eigenvalue weighted by Gasteiger charge is -2.24. The molecule has 1 aliphatic rings. The second-order valence-electron chi connectivity index (χ2n) is 4.77. The molecule has 17 heavy (non-hydrogen) atoms. The van der Waals surface area contributed by atoms with Gasteiger partial charge < -0.3 is 4.90 Å². The summed E-state index contributed by atoms with van der Waals surface area (Å²) in [6.45, 7) is 3.88. The van der Waals surface area contributed by atoms with Gasteiger partial charge in [0.15, 0.2) is 0 Å². The van der Waals surface area contributed by atoms with Crippen molar-refractivity contribution in [3.63, 3.8) is 0 Å². The summed E-state index contributed by atoms with van der Waals surface area (Å²) in [4.78, 5) is 4.05. The molecule has 0 atom stereocenters. The highest BCUT2D eigenvalue weighted by Gasteiger charge is 2.07. The van der Waals surface area contributed by atoms with E-state index in [1.807, 2.05) is 11.8 Å². The van der Waals surface area contributed by atoms with E-state index in [0.29, 0.717) is 0 Å². The largest absolute Gasteiger partial charge is 0.303 e. The molecule has 0 saturated carbocycles. The molecule has 0 amide bonds. The predicted molar refractivity (Wildman–Crippen MR) is 76.7 cm³/mol. The number of hydrogen-bond donors (Lipinski definition) is 0. The maximum atomic E-state index is 2.65. The fourth-order valence-electron chi connectivity index (χ4n) is 2.35. The Bertz CT molecular complexity index is 291. The lowest BCUT2D eigenvalue weighted by atomic mass is 10.1. The van der Waals surface area contributed by atoms with E-state index in [0.717, 1.165) is 0 Å². The summed E-state index contributed by atoms with van der Waals surface area (Å²) in [5.41, 5.74) is 0. The van der Waals surface area contributed by atoms with Crippen LogP contribution in [0.15, 0.2) is 35.2 Å². The van der Waals surface area contributed by atoms with Gasteiger partial charge in [0, 0.05) is 17.2 Å². The Hall–Kier alpha value is -0.470. The predicted octanol–water partition coefficient (Wildman–Crippen LogP) is 4.04. The molecule has 0 bridgehead atoms. The molecule has 1 nitrogen and oxygen atoms in total. The molecule has 0 N–H and O–H groups in total. The molecule has 0 radical (unpaired) electrons. The van der Waals surface area contributed by atoms with Gasteiger partial charge in [0.1, 0.15) is 0 Å². The molecule has 2 heteroatoms. The Morgan fingerprint density at radius 1 is 0.882 bits per heavy atom. The van der Waals surface area contributed by atoms with E-state index in [2.05, 4.69) is 35.2 Å². The molecule has 2 rings (SSSR count). The molecular weight excluding hydrogens is 226 g/mol. The Morgan fingerprint density at radius 3 is 2.24 bits per heavy atom. The Labute approximate surface area is 110 Å². The Balaban J connectivity index is 1.66. The van der Waals surface area contributed by atoms with Crippen LogP contribution in [0.5, 0.6) is 0 Å². The fourth-order valence-corrected chi connectivity index (χ4v) is 3.28. The molecule has 0 aliphatic carbocycles. The minimum Gasteiger partial charge on any atom is -0.303 e. The average Bonchev–Trinajstić information content (AvgIpc) is 2.33. The number of likely N-dealkylation sites (tertiary alicyclic amines) is 1. The SMILES string of the molecule is c1ccc(SCCN2CCCCCCC2)cc1. The van der Waals surface area contributed by atoms with E-state index in [-0.39, 0.29) is 0 Å². The van der Waals surface area contributed by atoms with Crippen molar-refractivity contribution in [3.8, 4) is 0 Å². The molecule has 0 aromatic heterocycles. The summed E-state index contributed by atoms with van der Waals surface area (Å²) < 4.78 is 0. The second-order valence-corrected chi connectivity index (χ2v) is 5.94. The lowest BCUT2D eigenvalue weighted by molar-refractivity contribution is 0.261. The van der Waals surface area contributed by atoms with Crippen LogP contribution < -0.4 is 0 Å². The number of nitrogens with zero attached hydrogens (tertiary/aromatic N) is 1. The Morgan fingerprint density at radius 2 is 1.53 bits per heavy atom. The van der Waals surface area contributed by atoms with Crippen LogP contribution in [0, 0.1) is 0 Å². The van der Waals surface area contributed by atoms with Crippen molar-refractivity contribution in [2.75, 3.05) is 25.4 Å². The summed E-state index contributed by atoms with van der Waals surface area (Å²) in [5.74, 6) is 1.23. The van der Waals surface area contributed by atoms with Gasteiger partial charge in [-0.3, -0.25) is 0 Å². The average molecular weight is 249 g/mol. The minimum absolute atomic E-state index is 1.23. The van der Waals surface area contributed by atoms with Crippen molar-refractivity contribution in [1.29, 1.82) is 0 Å². The van der Waals surface area contributed by atoms with Crippen LogP contribution in [-0.2, 0) is 0 Å². The molecule has 1 aromatic rings. The maximum Gasteiger partial charge on any atom is 0.0108 e. The van der Waals surface area contributed by atoms with Gasteiger partial charge in [0.25, 0.3) is 0 Å². The van der Waals surface area contributed by atoms with Crippen molar-refractivity contribution in [2.45, 2.75) is 37.0 Å². The van der Waals surface area contributed by atoms with Crippen LogP contribution in [-0.4, -0.2) is 30.3 Å².